The SMILES string of the molecule is Cc1ccc(CC(CCCOc2ccc(CNCCCP(=O)(O)O)cc2)c2ccsc2)cc1C. The second-order valence-electron chi connectivity index (χ2n) is 8.93. The highest BCUT2D eigenvalue weighted by Crippen LogP contribution is 2.34. The molecular weight excluding hydrogens is 465 g/mol. The van der Waals surface area contributed by atoms with Crippen LogP contribution < -0.4 is 10.1 Å². The molecule has 0 amide bonds. The molecule has 0 spiro atoms. The zero-order valence-electron chi connectivity index (χ0n) is 20.1. The standard InChI is InChI=1S/C27H36NO4PS/c1-21-6-7-24(17-22(21)2)18-25(26-12-16-34-20-26)5-3-14-32-27-10-8-23(9-11-27)19-28-13-4-15-33(29,30)31/h6-12,16-17,20,25,28H,3-5,13-15,18-19H2,1-2H3,(H2,29,30,31). The van der Waals surface area contributed by atoms with Crippen molar-refractivity contribution in [3.8, 4) is 5.75 Å². The van der Waals surface area contributed by atoms with Crippen LogP contribution in [0.25, 0.3) is 0 Å². The van der Waals surface area contributed by atoms with Gasteiger partial charge in [-0.1, -0.05) is 30.3 Å². The van der Waals surface area contributed by atoms with Gasteiger partial charge in [0.05, 0.1) is 12.8 Å². The van der Waals surface area contributed by atoms with Crippen molar-refractivity contribution >= 4 is 18.9 Å². The molecule has 2 aromatic carbocycles. The molecule has 184 valence electrons. The van der Waals surface area contributed by atoms with E-state index in [2.05, 4.69) is 54.2 Å². The average molecular weight is 502 g/mol. The van der Waals surface area contributed by atoms with Gasteiger partial charge in [0.15, 0.2) is 0 Å². The molecule has 1 atom stereocenters. The van der Waals surface area contributed by atoms with Crippen LogP contribution in [0, 0.1) is 13.8 Å². The lowest BCUT2D eigenvalue weighted by Gasteiger charge is -2.17. The Bertz CT molecular complexity index is 1050. The highest BCUT2D eigenvalue weighted by molar-refractivity contribution is 7.51. The molecule has 0 bridgehead atoms. The number of hydrogen-bond acceptors (Lipinski definition) is 4. The van der Waals surface area contributed by atoms with Crippen molar-refractivity contribution < 1.29 is 19.1 Å². The molecular formula is C27H36NO4PS. The van der Waals surface area contributed by atoms with Gasteiger partial charge in [0.1, 0.15) is 5.75 Å². The fourth-order valence-corrected chi connectivity index (χ4v) is 5.29. The summed E-state index contributed by atoms with van der Waals surface area (Å²) in [6.07, 6.45) is 3.51. The van der Waals surface area contributed by atoms with E-state index in [1.807, 2.05) is 24.3 Å². The average Bonchev–Trinajstić information content (AvgIpc) is 3.33. The lowest BCUT2D eigenvalue weighted by Crippen LogP contribution is -2.15. The fourth-order valence-electron chi connectivity index (χ4n) is 3.97. The van der Waals surface area contributed by atoms with Gasteiger partial charge in [0.2, 0.25) is 0 Å². The molecule has 0 saturated carbocycles. The van der Waals surface area contributed by atoms with Gasteiger partial charge in [-0.05, 0) is 109 Å². The first-order chi connectivity index (χ1) is 16.3. The van der Waals surface area contributed by atoms with Gasteiger partial charge in [0, 0.05) is 6.54 Å². The van der Waals surface area contributed by atoms with Crippen LogP contribution in [0.1, 0.15) is 53.0 Å². The van der Waals surface area contributed by atoms with Gasteiger partial charge in [-0.2, -0.15) is 11.3 Å². The number of benzene rings is 2. The van der Waals surface area contributed by atoms with E-state index in [0.717, 1.165) is 30.6 Å². The van der Waals surface area contributed by atoms with Crippen molar-refractivity contribution in [1.82, 2.24) is 5.32 Å². The number of rotatable bonds is 14. The Labute approximate surface area is 207 Å². The van der Waals surface area contributed by atoms with Gasteiger partial charge < -0.3 is 19.8 Å². The summed E-state index contributed by atoms with van der Waals surface area (Å²) in [7, 11) is -3.90. The zero-order chi connectivity index (χ0) is 24.4. The molecule has 5 nitrogen and oxygen atoms in total. The third kappa shape index (κ3) is 9.36. The number of hydrogen-bond donors (Lipinski definition) is 3. The number of nitrogens with one attached hydrogen (secondary N) is 1. The molecule has 0 saturated heterocycles. The lowest BCUT2D eigenvalue weighted by atomic mass is 9.89. The van der Waals surface area contributed by atoms with E-state index in [0.29, 0.717) is 32.0 Å². The molecule has 3 rings (SSSR count). The summed E-state index contributed by atoms with van der Waals surface area (Å²) in [5, 5.41) is 7.64. The van der Waals surface area contributed by atoms with Gasteiger partial charge in [-0.3, -0.25) is 4.57 Å². The molecule has 0 fully saturated rings. The van der Waals surface area contributed by atoms with Crippen molar-refractivity contribution in [3.63, 3.8) is 0 Å². The van der Waals surface area contributed by atoms with Crippen LogP contribution in [0.2, 0.25) is 0 Å². The fraction of sp³-hybridized carbons (Fsp3) is 0.407. The minimum atomic E-state index is -3.90. The monoisotopic (exact) mass is 501 g/mol. The first-order valence-electron chi connectivity index (χ1n) is 11.9. The van der Waals surface area contributed by atoms with Crippen molar-refractivity contribution in [3.05, 3.63) is 87.1 Å². The Kier molecular flexibility index (Phi) is 10.4. The third-order valence-electron chi connectivity index (χ3n) is 6.09. The van der Waals surface area contributed by atoms with Crippen molar-refractivity contribution in [2.45, 2.75) is 52.0 Å². The van der Waals surface area contributed by atoms with E-state index in [9.17, 15) is 4.57 Å². The van der Waals surface area contributed by atoms with Gasteiger partial charge >= 0.3 is 7.60 Å². The van der Waals surface area contributed by atoms with Gasteiger partial charge in [0.25, 0.3) is 0 Å². The zero-order valence-corrected chi connectivity index (χ0v) is 21.8. The van der Waals surface area contributed by atoms with Crippen LogP contribution in [0.4, 0.5) is 0 Å². The van der Waals surface area contributed by atoms with Crippen molar-refractivity contribution in [2.75, 3.05) is 19.3 Å². The first kappa shape index (κ1) is 26.7. The number of thiophene rings is 1. The molecule has 3 aromatic rings. The lowest BCUT2D eigenvalue weighted by molar-refractivity contribution is 0.301. The Balaban J connectivity index is 1.41. The highest BCUT2D eigenvalue weighted by Gasteiger charge is 2.14. The van der Waals surface area contributed by atoms with E-state index in [1.165, 1.54) is 22.3 Å². The second kappa shape index (κ2) is 13.2. The van der Waals surface area contributed by atoms with E-state index in [-0.39, 0.29) is 6.16 Å². The van der Waals surface area contributed by atoms with Crippen molar-refractivity contribution in [2.24, 2.45) is 0 Å². The van der Waals surface area contributed by atoms with Crippen LogP contribution in [0.15, 0.2) is 59.3 Å². The predicted molar refractivity (Wildman–Crippen MR) is 141 cm³/mol. The van der Waals surface area contributed by atoms with Crippen LogP contribution in [0.3, 0.4) is 0 Å². The Morgan fingerprint density at radius 3 is 2.44 bits per heavy atom. The summed E-state index contributed by atoms with van der Waals surface area (Å²) in [5.74, 6) is 1.36. The van der Waals surface area contributed by atoms with Crippen LogP contribution in [0.5, 0.6) is 5.75 Å². The predicted octanol–water partition coefficient (Wildman–Crippen LogP) is 6.21. The summed E-state index contributed by atoms with van der Waals surface area (Å²) < 4.78 is 16.9. The van der Waals surface area contributed by atoms with E-state index in [1.54, 1.807) is 11.3 Å². The van der Waals surface area contributed by atoms with Gasteiger partial charge in [-0.25, -0.2) is 0 Å². The maximum absolute atomic E-state index is 10.9. The molecule has 7 heteroatoms. The van der Waals surface area contributed by atoms with Crippen LogP contribution >= 0.6 is 18.9 Å². The summed E-state index contributed by atoms with van der Waals surface area (Å²) in [5.41, 5.74) is 6.62. The quantitative estimate of drug-likeness (QED) is 0.181. The molecule has 0 radical (unpaired) electrons. The highest BCUT2D eigenvalue weighted by atomic mass is 32.1. The van der Waals surface area contributed by atoms with E-state index < -0.39 is 7.60 Å². The summed E-state index contributed by atoms with van der Waals surface area (Å²) >= 11 is 1.76. The van der Waals surface area contributed by atoms with E-state index >= 15 is 0 Å². The largest absolute Gasteiger partial charge is 0.494 e. The van der Waals surface area contributed by atoms with Crippen LogP contribution in [-0.2, 0) is 17.5 Å². The first-order valence-corrected chi connectivity index (χ1v) is 14.6. The minimum absolute atomic E-state index is 0.0787. The Morgan fingerprint density at radius 2 is 1.76 bits per heavy atom. The topological polar surface area (TPSA) is 78.8 Å². The summed E-state index contributed by atoms with van der Waals surface area (Å²) in [6.45, 7) is 6.28. The molecule has 0 aliphatic heterocycles. The number of aryl methyl sites for hydroxylation is 2. The molecule has 1 aromatic heterocycles. The number of ether oxygens (including phenoxy) is 1. The summed E-state index contributed by atoms with van der Waals surface area (Å²) in [4.78, 5) is 17.8. The maximum Gasteiger partial charge on any atom is 0.325 e. The van der Waals surface area contributed by atoms with E-state index in [4.69, 9.17) is 14.5 Å². The normalized spacial score (nSPS) is 12.6. The molecule has 1 unspecified atom stereocenters. The minimum Gasteiger partial charge on any atom is -0.494 e. The molecule has 3 N–H and O–H groups in total. The smallest absolute Gasteiger partial charge is 0.325 e. The van der Waals surface area contributed by atoms with Crippen LogP contribution in [-0.4, -0.2) is 29.1 Å². The van der Waals surface area contributed by atoms with Gasteiger partial charge in [-0.15, -0.1) is 0 Å². The third-order valence-corrected chi connectivity index (χ3v) is 7.69. The Morgan fingerprint density at radius 1 is 1.00 bits per heavy atom. The van der Waals surface area contributed by atoms with Crippen molar-refractivity contribution in [1.29, 1.82) is 0 Å². The Hall–Kier alpha value is -1.95. The molecule has 1 heterocycles. The summed E-state index contributed by atoms with van der Waals surface area (Å²) in [6, 6.07) is 17.1. The maximum atomic E-state index is 10.9. The molecule has 0 aliphatic carbocycles. The molecule has 0 aliphatic rings. The molecule has 34 heavy (non-hydrogen) atoms. The second-order valence-corrected chi connectivity index (χ2v) is 11.5.